The van der Waals surface area contributed by atoms with Crippen molar-refractivity contribution in [2.75, 3.05) is 39.8 Å². The van der Waals surface area contributed by atoms with Gasteiger partial charge in [0, 0.05) is 45.7 Å². The predicted molar refractivity (Wildman–Crippen MR) is 88.0 cm³/mol. The fourth-order valence-corrected chi connectivity index (χ4v) is 2.66. The number of hydrogen-bond acceptors (Lipinski definition) is 4. The Balaban J connectivity index is 1.79. The van der Waals surface area contributed by atoms with E-state index in [-0.39, 0.29) is 12.3 Å². The summed E-state index contributed by atoms with van der Waals surface area (Å²) in [6, 6.07) is 9.60. The maximum Gasteiger partial charge on any atom is 0.308 e. The molecule has 1 saturated heterocycles. The van der Waals surface area contributed by atoms with Gasteiger partial charge >= 0.3 is 5.97 Å². The maximum absolute atomic E-state index is 12.0. The Morgan fingerprint density at radius 2 is 1.83 bits per heavy atom. The van der Waals surface area contributed by atoms with Crippen molar-refractivity contribution in [2.24, 2.45) is 5.92 Å². The third-order valence-electron chi connectivity index (χ3n) is 4.19. The summed E-state index contributed by atoms with van der Waals surface area (Å²) in [4.78, 5) is 27.8. The zero-order valence-corrected chi connectivity index (χ0v) is 13.6. The number of nitrogens with one attached hydrogen (secondary N) is 1. The number of aliphatic carboxylic acids is 1. The zero-order valence-electron chi connectivity index (χ0n) is 13.6. The SMILES string of the molecule is CN1CCN(CC(CC(=O)NCc2ccccc2)C(=O)O)CC1. The number of piperazine rings is 1. The van der Waals surface area contributed by atoms with Crippen molar-refractivity contribution in [3.63, 3.8) is 0 Å². The van der Waals surface area contributed by atoms with Gasteiger partial charge in [-0.05, 0) is 12.6 Å². The normalized spacial score (nSPS) is 17.6. The predicted octanol–water partition coefficient (Wildman–Crippen LogP) is 0.641. The van der Waals surface area contributed by atoms with E-state index in [1.807, 2.05) is 30.3 Å². The van der Waals surface area contributed by atoms with E-state index >= 15 is 0 Å². The molecule has 0 aliphatic carbocycles. The summed E-state index contributed by atoms with van der Waals surface area (Å²) < 4.78 is 0. The van der Waals surface area contributed by atoms with Crippen LogP contribution in [0, 0.1) is 5.92 Å². The van der Waals surface area contributed by atoms with E-state index in [9.17, 15) is 14.7 Å². The van der Waals surface area contributed by atoms with Crippen LogP contribution < -0.4 is 5.32 Å². The molecular formula is C17H25N3O3. The monoisotopic (exact) mass is 319 g/mol. The molecule has 0 bridgehead atoms. The Kier molecular flexibility index (Phi) is 6.55. The Morgan fingerprint density at radius 1 is 1.17 bits per heavy atom. The van der Waals surface area contributed by atoms with Gasteiger partial charge < -0.3 is 15.3 Å². The molecule has 1 aromatic rings. The van der Waals surface area contributed by atoms with Crippen LogP contribution in [0.2, 0.25) is 0 Å². The molecule has 0 aromatic heterocycles. The average molecular weight is 319 g/mol. The molecule has 126 valence electrons. The minimum absolute atomic E-state index is 0.0223. The van der Waals surface area contributed by atoms with Crippen LogP contribution >= 0.6 is 0 Å². The molecule has 2 N–H and O–H groups in total. The third-order valence-corrected chi connectivity index (χ3v) is 4.19. The average Bonchev–Trinajstić information content (AvgIpc) is 2.55. The molecule has 1 amide bonds. The maximum atomic E-state index is 12.0. The summed E-state index contributed by atoms with van der Waals surface area (Å²) in [5.41, 5.74) is 1.01. The first-order valence-corrected chi connectivity index (χ1v) is 7.99. The van der Waals surface area contributed by atoms with Crippen LogP contribution in [0.5, 0.6) is 0 Å². The second-order valence-corrected chi connectivity index (χ2v) is 6.11. The lowest BCUT2D eigenvalue weighted by Gasteiger charge is -2.33. The molecule has 1 unspecified atom stereocenters. The van der Waals surface area contributed by atoms with Crippen molar-refractivity contribution in [1.29, 1.82) is 0 Å². The van der Waals surface area contributed by atoms with E-state index in [4.69, 9.17) is 0 Å². The molecule has 1 aliphatic rings. The highest BCUT2D eigenvalue weighted by molar-refractivity contribution is 5.82. The van der Waals surface area contributed by atoms with Gasteiger partial charge in [0.25, 0.3) is 0 Å². The van der Waals surface area contributed by atoms with Gasteiger partial charge in [-0.25, -0.2) is 0 Å². The molecule has 23 heavy (non-hydrogen) atoms. The molecule has 1 atom stereocenters. The van der Waals surface area contributed by atoms with Crippen molar-refractivity contribution in [3.05, 3.63) is 35.9 Å². The van der Waals surface area contributed by atoms with Crippen LogP contribution in [0.4, 0.5) is 0 Å². The van der Waals surface area contributed by atoms with Gasteiger partial charge in [-0.2, -0.15) is 0 Å². The van der Waals surface area contributed by atoms with E-state index < -0.39 is 11.9 Å². The number of carbonyl (C=O) groups excluding carboxylic acids is 1. The number of rotatable bonds is 7. The molecule has 0 spiro atoms. The van der Waals surface area contributed by atoms with Crippen LogP contribution in [0.1, 0.15) is 12.0 Å². The van der Waals surface area contributed by atoms with Crippen LogP contribution in [0.15, 0.2) is 30.3 Å². The van der Waals surface area contributed by atoms with E-state index in [0.717, 1.165) is 31.7 Å². The molecule has 2 rings (SSSR count). The Bertz CT molecular complexity index is 513. The second-order valence-electron chi connectivity index (χ2n) is 6.11. The lowest BCUT2D eigenvalue weighted by molar-refractivity contribution is -0.145. The number of carboxylic acids is 1. The smallest absolute Gasteiger partial charge is 0.308 e. The van der Waals surface area contributed by atoms with Gasteiger partial charge in [0.2, 0.25) is 5.91 Å². The fourth-order valence-electron chi connectivity index (χ4n) is 2.66. The molecular weight excluding hydrogens is 294 g/mol. The fraction of sp³-hybridized carbons (Fsp3) is 0.529. The van der Waals surface area contributed by atoms with Gasteiger partial charge in [-0.1, -0.05) is 30.3 Å². The molecule has 0 radical (unpaired) electrons. The largest absolute Gasteiger partial charge is 0.481 e. The van der Waals surface area contributed by atoms with Crippen LogP contribution in [0.25, 0.3) is 0 Å². The standard InChI is InChI=1S/C17H25N3O3/c1-19-7-9-20(10-8-19)13-15(17(22)23)11-16(21)18-12-14-5-3-2-4-6-14/h2-6,15H,7-13H2,1H3,(H,18,21)(H,22,23). The molecule has 0 saturated carbocycles. The summed E-state index contributed by atoms with van der Waals surface area (Å²) in [5.74, 6) is -1.77. The first-order chi connectivity index (χ1) is 11.0. The van der Waals surface area contributed by atoms with E-state index in [0.29, 0.717) is 13.1 Å². The van der Waals surface area contributed by atoms with Crippen molar-refractivity contribution < 1.29 is 14.7 Å². The summed E-state index contributed by atoms with van der Waals surface area (Å²) in [5, 5.41) is 12.2. The Labute approximate surface area is 137 Å². The van der Waals surface area contributed by atoms with Crippen LogP contribution in [-0.2, 0) is 16.1 Å². The number of carbonyl (C=O) groups is 2. The quantitative estimate of drug-likeness (QED) is 0.772. The Morgan fingerprint density at radius 3 is 2.43 bits per heavy atom. The van der Waals surface area contributed by atoms with E-state index in [1.165, 1.54) is 0 Å². The van der Waals surface area contributed by atoms with E-state index in [2.05, 4.69) is 22.2 Å². The van der Waals surface area contributed by atoms with Gasteiger partial charge in [-0.15, -0.1) is 0 Å². The van der Waals surface area contributed by atoms with Crippen molar-refractivity contribution in [1.82, 2.24) is 15.1 Å². The van der Waals surface area contributed by atoms with Crippen molar-refractivity contribution in [3.8, 4) is 0 Å². The zero-order chi connectivity index (χ0) is 16.7. The van der Waals surface area contributed by atoms with E-state index in [1.54, 1.807) is 0 Å². The first-order valence-electron chi connectivity index (χ1n) is 7.99. The number of likely N-dealkylation sites (N-methyl/N-ethyl adjacent to an activating group) is 1. The number of hydrogen-bond donors (Lipinski definition) is 2. The number of nitrogens with zero attached hydrogens (tertiary/aromatic N) is 2. The van der Waals surface area contributed by atoms with Gasteiger partial charge in [0.15, 0.2) is 0 Å². The number of carboxylic acid groups (broad SMARTS) is 1. The lowest BCUT2D eigenvalue weighted by Crippen LogP contribution is -2.47. The summed E-state index contributed by atoms with van der Waals surface area (Å²) in [6.07, 6.45) is 0.0223. The van der Waals surface area contributed by atoms with Crippen LogP contribution in [-0.4, -0.2) is 66.6 Å². The van der Waals surface area contributed by atoms with Gasteiger partial charge in [-0.3, -0.25) is 14.5 Å². The summed E-state index contributed by atoms with van der Waals surface area (Å²) in [6.45, 7) is 4.44. The molecule has 1 fully saturated rings. The lowest BCUT2D eigenvalue weighted by atomic mass is 10.0. The summed E-state index contributed by atoms with van der Waals surface area (Å²) >= 11 is 0. The highest BCUT2D eigenvalue weighted by Gasteiger charge is 2.25. The molecule has 6 heteroatoms. The minimum atomic E-state index is -0.904. The summed E-state index contributed by atoms with van der Waals surface area (Å²) in [7, 11) is 2.06. The highest BCUT2D eigenvalue weighted by Crippen LogP contribution is 2.10. The topological polar surface area (TPSA) is 72.9 Å². The third kappa shape index (κ3) is 6.00. The first kappa shape index (κ1) is 17.4. The minimum Gasteiger partial charge on any atom is -0.481 e. The number of amides is 1. The highest BCUT2D eigenvalue weighted by atomic mass is 16.4. The Hall–Kier alpha value is -1.92. The molecule has 6 nitrogen and oxygen atoms in total. The van der Waals surface area contributed by atoms with Gasteiger partial charge in [0.05, 0.1) is 5.92 Å². The van der Waals surface area contributed by atoms with Crippen molar-refractivity contribution in [2.45, 2.75) is 13.0 Å². The molecule has 1 aromatic carbocycles. The molecule has 1 aliphatic heterocycles. The number of benzene rings is 1. The van der Waals surface area contributed by atoms with Crippen molar-refractivity contribution >= 4 is 11.9 Å². The van der Waals surface area contributed by atoms with Gasteiger partial charge in [0.1, 0.15) is 0 Å². The van der Waals surface area contributed by atoms with Crippen LogP contribution in [0.3, 0.4) is 0 Å². The molecule has 1 heterocycles. The second kappa shape index (κ2) is 8.64.